The van der Waals surface area contributed by atoms with Crippen molar-refractivity contribution in [3.05, 3.63) is 57.5 Å². The van der Waals surface area contributed by atoms with Crippen LogP contribution in [0.4, 0.5) is 5.69 Å². The summed E-state index contributed by atoms with van der Waals surface area (Å²) in [6, 6.07) is 12.2. The second-order valence-corrected chi connectivity index (χ2v) is 9.64. The first-order valence-corrected chi connectivity index (χ1v) is 11.0. The first-order valence-electron chi connectivity index (χ1n) is 9.84. The van der Waals surface area contributed by atoms with E-state index in [2.05, 4.69) is 10.6 Å². The van der Waals surface area contributed by atoms with Gasteiger partial charge >= 0.3 is 0 Å². The Hall–Kier alpha value is -2.15. The summed E-state index contributed by atoms with van der Waals surface area (Å²) in [5, 5.41) is 7.61. The van der Waals surface area contributed by atoms with Crippen molar-refractivity contribution < 1.29 is 14.3 Å². The van der Waals surface area contributed by atoms with Crippen molar-refractivity contribution in [2.45, 2.75) is 30.3 Å². The highest BCUT2D eigenvalue weighted by Gasteiger charge is 2.69. The van der Waals surface area contributed by atoms with E-state index in [1.807, 2.05) is 24.1 Å². The van der Waals surface area contributed by atoms with E-state index in [1.54, 1.807) is 30.3 Å². The number of hydrogen-bond donors (Lipinski definition) is 2. The number of likely N-dealkylation sites (N-methyl/N-ethyl adjacent to an activating group) is 1. The minimum atomic E-state index is -0.243. The summed E-state index contributed by atoms with van der Waals surface area (Å²) in [7, 11) is 1.86. The van der Waals surface area contributed by atoms with Crippen LogP contribution in [0.15, 0.2) is 42.5 Å². The zero-order chi connectivity index (χ0) is 22.2. The number of amides is 2. The Morgan fingerprint density at radius 3 is 2.16 bits per heavy atom. The van der Waals surface area contributed by atoms with E-state index < -0.39 is 0 Å². The van der Waals surface area contributed by atoms with Crippen LogP contribution in [0.2, 0.25) is 15.1 Å². The molecule has 6 nitrogen and oxygen atoms in total. The lowest BCUT2D eigenvalue weighted by molar-refractivity contribution is -0.149. The molecule has 0 heterocycles. The topological polar surface area (TPSA) is 70.7 Å². The fourth-order valence-electron chi connectivity index (χ4n) is 4.44. The molecule has 3 aliphatic rings. The van der Waals surface area contributed by atoms with Crippen molar-refractivity contribution in [1.82, 2.24) is 10.6 Å². The van der Waals surface area contributed by atoms with Gasteiger partial charge in [0.05, 0.1) is 16.6 Å². The molecular weight excluding hydrogens is 461 g/mol. The van der Waals surface area contributed by atoms with E-state index in [9.17, 15) is 9.59 Å². The monoisotopic (exact) mass is 481 g/mol. The first-order chi connectivity index (χ1) is 14.7. The first kappa shape index (κ1) is 22.1. The SMILES string of the molecule is CN(CC(=O)NC12CC(NC(=O)COc3ccc(Cl)c(Cl)c3)(C1)C2)c1ccc(Cl)cc1. The van der Waals surface area contributed by atoms with Gasteiger partial charge in [-0.2, -0.15) is 0 Å². The van der Waals surface area contributed by atoms with E-state index in [0.717, 1.165) is 24.9 Å². The molecule has 3 aliphatic carbocycles. The van der Waals surface area contributed by atoms with Crippen molar-refractivity contribution in [1.29, 1.82) is 0 Å². The Labute approximate surface area is 195 Å². The predicted octanol–water partition coefficient (Wildman–Crippen LogP) is 4.07. The fraction of sp³-hybridized carbons (Fsp3) is 0.364. The third-order valence-corrected chi connectivity index (χ3v) is 6.74. The number of benzene rings is 2. The summed E-state index contributed by atoms with van der Waals surface area (Å²) in [6.07, 6.45) is 2.19. The molecule has 0 atom stereocenters. The lowest BCUT2D eigenvalue weighted by Crippen LogP contribution is -2.84. The number of rotatable bonds is 8. The molecule has 0 saturated heterocycles. The second kappa shape index (κ2) is 8.41. The van der Waals surface area contributed by atoms with Gasteiger partial charge in [-0.3, -0.25) is 9.59 Å². The van der Waals surface area contributed by atoms with Crippen molar-refractivity contribution in [2.75, 3.05) is 25.1 Å². The zero-order valence-corrected chi connectivity index (χ0v) is 19.2. The molecule has 3 saturated carbocycles. The highest BCUT2D eigenvalue weighted by molar-refractivity contribution is 6.42. The molecule has 0 aromatic heterocycles. The summed E-state index contributed by atoms with van der Waals surface area (Å²) in [4.78, 5) is 26.6. The summed E-state index contributed by atoms with van der Waals surface area (Å²) in [5.41, 5.74) is 0.464. The minimum absolute atomic E-state index is 0.0416. The van der Waals surface area contributed by atoms with Gasteiger partial charge in [-0.05, 0) is 55.7 Å². The molecule has 2 aromatic carbocycles. The van der Waals surface area contributed by atoms with Gasteiger partial charge in [-0.15, -0.1) is 0 Å². The number of nitrogens with zero attached hydrogens (tertiary/aromatic N) is 1. The third kappa shape index (κ3) is 4.86. The van der Waals surface area contributed by atoms with Crippen LogP contribution in [0.5, 0.6) is 5.75 Å². The van der Waals surface area contributed by atoms with E-state index in [-0.39, 0.29) is 36.0 Å². The van der Waals surface area contributed by atoms with Gasteiger partial charge < -0.3 is 20.3 Å². The molecule has 2 N–H and O–H groups in total. The van der Waals surface area contributed by atoms with Crippen LogP contribution >= 0.6 is 34.8 Å². The molecule has 0 spiro atoms. The van der Waals surface area contributed by atoms with E-state index in [0.29, 0.717) is 20.8 Å². The smallest absolute Gasteiger partial charge is 0.258 e. The van der Waals surface area contributed by atoms with Crippen LogP contribution < -0.4 is 20.3 Å². The molecule has 0 radical (unpaired) electrons. The zero-order valence-electron chi connectivity index (χ0n) is 16.9. The lowest BCUT2D eigenvalue weighted by atomic mass is 9.44. The second-order valence-electron chi connectivity index (χ2n) is 8.38. The van der Waals surface area contributed by atoms with E-state index >= 15 is 0 Å². The predicted molar refractivity (Wildman–Crippen MR) is 122 cm³/mol. The van der Waals surface area contributed by atoms with Crippen molar-refractivity contribution >= 4 is 52.3 Å². The highest BCUT2D eigenvalue weighted by Crippen LogP contribution is 2.60. The lowest BCUT2D eigenvalue weighted by Gasteiger charge is -2.70. The molecule has 3 fully saturated rings. The molecule has 2 aromatic rings. The Kier molecular flexibility index (Phi) is 5.99. The third-order valence-electron chi connectivity index (χ3n) is 5.75. The molecule has 31 heavy (non-hydrogen) atoms. The number of hydrogen-bond acceptors (Lipinski definition) is 4. The number of ether oxygens (including phenoxy) is 1. The minimum Gasteiger partial charge on any atom is -0.484 e. The fourth-order valence-corrected chi connectivity index (χ4v) is 4.85. The largest absolute Gasteiger partial charge is 0.484 e. The van der Waals surface area contributed by atoms with E-state index in [1.165, 1.54) is 0 Å². The van der Waals surface area contributed by atoms with Gasteiger partial charge in [0.2, 0.25) is 5.91 Å². The van der Waals surface area contributed by atoms with Crippen molar-refractivity contribution in [3.8, 4) is 5.75 Å². The number of carbonyl (C=O) groups is 2. The van der Waals surface area contributed by atoms with Crippen LogP contribution in [0.25, 0.3) is 0 Å². The summed E-state index contributed by atoms with van der Waals surface area (Å²) in [6.45, 7) is 0.144. The molecule has 0 unspecified atom stereocenters. The van der Waals surface area contributed by atoms with Crippen LogP contribution in [0.1, 0.15) is 19.3 Å². The maximum absolute atomic E-state index is 12.5. The standard InChI is InChI=1S/C22H22Cl3N3O3/c1-28(15-4-2-14(23)3-5-15)9-19(29)26-21-11-22(12-21,13-21)27-20(30)10-31-16-6-7-17(24)18(25)8-16/h2-8H,9-13H2,1H3,(H,26,29)(H,27,30). The normalized spacial score (nSPS) is 23.2. The average Bonchev–Trinajstić information content (AvgIpc) is 2.66. The number of halogens is 3. The highest BCUT2D eigenvalue weighted by atomic mass is 35.5. The number of nitrogens with one attached hydrogen (secondary N) is 2. The number of carbonyl (C=O) groups excluding carboxylic acids is 2. The van der Waals surface area contributed by atoms with Crippen LogP contribution in [-0.2, 0) is 9.59 Å². The van der Waals surface area contributed by atoms with Crippen LogP contribution in [0, 0.1) is 0 Å². The van der Waals surface area contributed by atoms with Gasteiger partial charge in [0.1, 0.15) is 5.75 Å². The van der Waals surface area contributed by atoms with Gasteiger partial charge in [0, 0.05) is 34.9 Å². The summed E-state index contributed by atoms with van der Waals surface area (Å²) in [5.74, 6) is 0.240. The Bertz CT molecular complexity index is 993. The molecular formula is C22H22Cl3N3O3. The van der Waals surface area contributed by atoms with Crippen LogP contribution in [-0.4, -0.2) is 43.1 Å². The molecule has 9 heteroatoms. The molecule has 5 rings (SSSR count). The van der Waals surface area contributed by atoms with Crippen LogP contribution in [0.3, 0.4) is 0 Å². The van der Waals surface area contributed by atoms with Crippen molar-refractivity contribution in [2.24, 2.45) is 0 Å². The molecule has 2 amide bonds. The van der Waals surface area contributed by atoms with Crippen molar-refractivity contribution in [3.63, 3.8) is 0 Å². The van der Waals surface area contributed by atoms with Gasteiger partial charge in [-0.1, -0.05) is 34.8 Å². The Balaban J connectivity index is 1.19. The van der Waals surface area contributed by atoms with Gasteiger partial charge in [0.25, 0.3) is 5.91 Å². The Morgan fingerprint density at radius 2 is 1.55 bits per heavy atom. The average molecular weight is 483 g/mol. The maximum atomic E-state index is 12.5. The van der Waals surface area contributed by atoms with Gasteiger partial charge in [0.15, 0.2) is 6.61 Å². The molecule has 0 aliphatic heterocycles. The van der Waals surface area contributed by atoms with Gasteiger partial charge in [-0.25, -0.2) is 0 Å². The van der Waals surface area contributed by atoms with E-state index in [4.69, 9.17) is 39.5 Å². The Morgan fingerprint density at radius 1 is 0.935 bits per heavy atom. The number of anilines is 1. The molecule has 164 valence electrons. The quantitative estimate of drug-likeness (QED) is 0.595. The summed E-state index contributed by atoms with van der Waals surface area (Å²) >= 11 is 17.7. The summed E-state index contributed by atoms with van der Waals surface area (Å²) < 4.78 is 5.48. The maximum Gasteiger partial charge on any atom is 0.258 e. The molecule has 2 bridgehead atoms.